The van der Waals surface area contributed by atoms with Gasteiger partial charge in [0.1, 0.15) is 18.0 Å². The number of aromatic nitrogens is 3. The number of ether oxygens (including phenoxy) is 1. The van der Waals surface area contributed by atoms with E-state index >= 15 is 0 Å². The van der Waals surface area contributed by atoms with Gasteiger partial charge in [-0.25, -0.2) is 19.3 Å². The fourth-order valence-electron chi connectivity index (χ4n) is 4.09. The minimum atomic E-state index is -0.186. The number of fused-ring (bicyclic) bond motifs is 2. The van der Waals surface area contributed by atoms with E-state index in [0.717, 1.165) is 52.1 Å². The Morgan fingerprint density at radius 3 is 2.81 bits per heavy atom. The van der Waals surface area contributed by atoms with Gasteiger partial charge in [-0.2, -0.15) is 0 Å². The Hall–Kier alpha value is -4.07. The van der Waals surface area contributed by atoms with Gasteiger partial charge in [-0.3, -0.25) is 4.79 Å². The zero-order valence-electron chi connectivity index (χ0n) is 17.6. The van der Waals surface area contributed by atoms with Crippen molar-refractivity contribution in [3.8, 4) is 16.9 Å². The molecule has 1 aliphatic heterocycles. The molecule has 0 saturated carbocycles. The Balaban J connectivity index is 1.62. The average Bonchev–Trinajstić information content (AvgIpc) is 3.21. The van der Waals surface area contributed by atoms with Crippen LogP contribution in [0.25, 0.3) is 22.0 Å². The SMILES string of the molecule is COc1cc(-c2ccc3ncnc(N4CCc5cc(F)c(C)cc54)c3c2)cnc1NC=O. The van der Waals surface area contributed by atoms with Crippen molar-refractivity contribution in [3.05, 3.63) is 65.9 Å². The molecule has 2 aromatic heterocycles. The summed E-state index contributed by atoms with van der Waals surface area (Å²) in [5.41, 5.74) is 5.11. The van der Waals surface area contributed by atoms with Crippen LogP contribution < -0.4 is 15.0 Å². The number of amides is 1. The highest BCUT2D eigenvalue weighted by Crippen LogP contribution is 2.39. The molecule has 0 unspecified atom stereocenters. The van der Waals surface area contributed by atoms with Crippen molar-refractivity contribution in [2.75, 3.05) is 23.9 Å². The van der Waals surface area contributed by atoms with Crippen LogP contribution in [-0.2, 0) is 11.2 Å². The number of carbonyl (C=O) groups is 1. The van der Waals surface area contributed by atoms with E-state index < -0.39 is 0 Å². The molecule has 1 amide bonds. The lowest BCUT2D eigenvalue weighted by Gasteiger charge is -2.20. The minimum Gasteiger partial charge on any atom is -0.493 e. The van der Waals surface area contributed by atoms with Crippen molar-refractivity contribution < 1.29 is 13.9 Å². The highest BCUT2D eigenvalue weighted by molar-refractivity contribution is 5.95. The fraction of sp³-hybridized carbons (Fsp3) is 0.167. The van der Waals surface area contributed by atoms with E-state index in [1.165, 1.54) is 7.11 Å². The largest absolute Gasteiger partial charge is 0.493 e. The topological polar surface area (TPSA) is 80.2 Å². The van der Waals surface area contributed by atoms with Crippen LogP contribution in [0.1, 0.15) is 11.1 Å². The predicted molar refractivity (Wildman–Crippen MR) is 121 cm³/mol. The summed E-state index contributed by atoms with van der Waals surface area (Å²) in [6, 6.07) is 11.2. The third-order valence-corrected chi connectivity index (χ3v) is 5.73. The number of methoxy groups -OCH3 is 1. The van der Waals surface area contributed by atoms with Crippen LogP contribution in [0.3, 0.4) is 0 Å². The van der Waals surface area contributed by atoms with Gasteiger partial charge >= 0.3 is 0 Å². The predicted octanol–water partition coefficient (Wildman–Crippen LogP) is 4.41. The van der Waals surface area contributed by atoms with E-state index in [4.69, 9.17) is 4.74 Å². The van der Waals surface area contributed by atoms with Gasteiger partial charge < -0.3 is 15.0 Å². The molecule has 8 heteroatoms. The number of hydrogen-bond donors (Lipinski definition) is 1. The summed E-state index contributed by atoms with van der Waals surface area (Å²) >= 11 is 0. The highest BCUT2D eigenvalue weighted by Gasteiger charge is 2.24. The second kappa shape index (κ2) is 7.88. The maximum Gasteiger partial charge on any atom is 0.212 e. The summed E-state index contributed by atoms with van der Waals surface area (Å²) in [4.78, 5) is 26.2. The second-order valence-corrected chi connectivity index (χ2v) is 7.60. The average molecular weight is 429 g/mol. The quantitative estimate of drug-likeness (QED) is 0.474. The molecule has 2 aromatic carbocycles. The standard InChI is InChI=1S/C24H20FN5O2/c1-14-7-21-16(9-19(14)25)5-6-30(21)24-18-8-15(3-4-20(18)27-12-28-24)17-10-22(32-2)23(26-11-17)29-13-31/h3-4,7-13H,5-6H2,1-2H3,(H,26,29,31). The van der Waals surface area contributed by atoms with Gasteiger partial charge in [-0.05, 0) is 60.4 Å². The van der Waals surface area contributed by atoms with Gasteiger partial charge in [0.05, 0.1) is 12.6 Å². The molecule has 1 aliphatic rings. The maximum absolute atomic E-state index is 14.1. The molecule has 3 heterocycles. The molecule has 0 spiro atoms. The minimum absolute atomic E-state index is 0.186. The highest BCUT2D eigenvalue weighted by atomic mass is 19.1. The second-order valence-electron chi connectivity index (χ2n) is 7.60. The number of anilines is 3. The van der Waals surface area contributed by atoms with E-state index in [-0.39, 0.29) is 5.82 Å². The van der Waals surface area contributed by atoms with Gasteiger partial charge in [-0.1, -0.05) is 6.07 Å². The lowest BCUT2D eigenvalue weighted by molar-refractivity contribution is -0.105. The molecule has 4 aromatic rings. The van der Waals surface area contributed by atoms with E-state index in [9.17, 15) is 9.18 Å². The van der Waals surface area contributed by atoms with Crippen LogP contribution in [0, 0.1) is 12.7 Å². The molecule has 0 bridgehead atoms. The molecule has 1 N–H and O–H groups in total. The van der Waals surface area contributed by atoms with Crippen LogP contribution in [-0.4, -0.2) is 35.0 Å². The first-order valence-electron chi connectivity index (χ1n) is 10.1. The number of nitrogens with zero attached hydrogens (tertiary/aromatic N) is 4. The van der Waals surface area contributed by atoms with Crippen molar-refractivity contribution in [1.29, 1.82) is 0 Å². The Bertz CT molecular complexity index is 1360. The van der Waals surface area contributed by atoms with E-state index in [1.807, 2.05) is 30.3 Å². The lowest BCUT2D eigenvalue weighted by Crippen LogP contribution is -2.15. The van der Waals surface area contributed by atoms with Crippen molar-refractivity contribution >= 4 is 34.6 Å². The maximum atomic E-state index is 14.1. The molecule has 5 rings (SSSR count). The first kappa shape index (κ1) is 19.9. The molecule has 160 valence electrons. The number of hydrogen-bond acceptors (Lipinski definition) is 6. The summed E-state index contributed by atoms with van der Waals surface area (Å²) in [6.07, 6.45) is 4.54. The molecule has 0 radical (unpaired) electrons. The van der Waals surface area contributed by atoms with E-state index in [2.05, 4.69) is 25.2 Å². The third kappa shape index (κ3) is 3.30. The molecule has 32 heavy (non-hydrogen) atoms. The first-order valence-corrected chi connectivity index (χ1v) is 10.1. The molecule has 0 saturated heterocycles. The number of carbonyl (C=O) groups excluding carboxylic acids is 1. The summed E-state index contributed by atoms with van der Waals surface area (Å²) in [5, 5.41) is 3.41. The Labute approximate surface area is 183 Å². The zero-order chi connectivity index (χ0) is 22.2. The summed E-state index contributed by atoms with van der Waals surface area (Å²) < 4.78 is 19.4. The number of rotatable bonds is 5. The number of aryl methyl sites for hydroxylation is 1. The first-order chi connectivity index (χ1) is 15.6. The van der Waals surface area contributed by atoms with Gasteiger partial charge in [-0.15, -0.1) is 0 Å². The summed E-state index contributed by atoms with van der Waals surface area (Å²) in [6.45, 7) is 2.49. The van der Waals surface area contributed by atoms with Crippen LogP contribution in [0.2, 0.25) is 0 Å². The smallest absolute Gasteiger partial charge is 0.212 e. The third-order valence-electron chi connectivity index (χ3n) is 5.73. The normalized spacial score (nSPS) is 12.7. The number of pyridine rings is 1. The van der Waals surface area contributed by atoms with Crippen molar-refractivity contribution in [2.45, 2.75) is 13.3 Å². The summed E-state index contributed by atoms with van der Waals surface area (Å²) in [5.74, 6) is 1.41. The van der Waals surface area contributed by atoms with Gasteiger partial charge in [0, 0.05) is 29.4 Å². The molecule has 0 atom stereocenters. The molecule has 0 aliphatic carbocycles. The Morgan fingerprint density at radius 2 is 2.00 bits per heavy atom. The van der Waals surface area contributed by atoms with Crippen LogP contribution in [0.4, 0.5) is 21.7 Å². The Kier molecular flexibility index (Phi) is 4.89. The lowest BCUT2D eigenvalue weighted by atomic mass is 10.0. The fourth-order valence-corrected chi connectivity index (χ4v) is 4.09. The van der Waals surface area contributed by atoms with Gasteiger partial charge in [0.15, 0.2) is 11.6 Å². The van der Waals surface area contributed by atoms with Crippen LogP contribution >= 0.6 is 0 Å². The van der Waals surface area contributed by atoms with E-state index in [0.29, 0.717) is 23.5 Å². The van der Waals surface area contributed by atoms with Crippen molar-refractivity contribution in [1.82, 2.24) is 15.0 Å². The molecule has 0 fully saturated rings. The van der Waals surface area contributed by atoms with E-state index in [1.54, 1.807) is 25.5 Å². The van der Waals surface area contributed by atoms with Gasteiger partial charge in [0.25, 0.3) is 0 Å². The molecule has 7 nitrogen and oxygen atoms in total. The van der Waals surface area contributed by atoms with Crippen LogP contribution in [0.15, 0.2) is 48.9 Å². The number of benzene rings is 2. The molecular weight excluding hydrogens is 409 g/mol. The number of halogens is 1. The summed E-state index contributed by atoms with van der Waals surface area (Å²) in [7, 11) is 1.53. The Morgan fingerprint density at radius 1 is 1.12 bits per heavy atom. The number of nitrogens with one attached hydrogen (secondary N) is 1. The molecular formula is C24H20FN5O2. The van der Waals surface area contributed by atoms with Crippen molar-refractivity contribution in [3.63, 3.8) is 0 Å². The van der Waals surface area contributed by atoms with Crippen molar-refractivity contribution in [2.24, 2.45) is 0 Å². The van der Waals surface area contributed by atoms with Gasteiger partial charge in [0.2, 0.25) is 6.41 Å². The monoisotopic (exact) mass is 429 g/mol. The van der Waals surface area contributed by atoms with Crippen LogP contribution in [0.5, 0.6) is 5.75 Å². The zero-order valence-corrected chi connectivity index (χ0v) is 17.6.